The van der Waals surface area contributed by atoms with Gasteiger partial charge < -0.3 is 51.4 Å². The minimum atomic E-state index is -1.07. The summed E-state index contributed by atoms with van der Waals surface area (Å²) < 4.78 is 20.1. The highest BCUT2D eigenvalue weighted by Gasteiger charge is 2.25. The number of oxime groups is 1. The second-order valence-corrected chi connectivity index (χ2v) is 31.1. The maximum absolute atomic E-state index is 12.5. The lowest BCUT2D eigenvalue weighted by molar-refractivity contribution is -0.135. The Kier molecular flexibility index (Phi) is 56.4. The van der Waals surface area contributed by atoms with Crippen LogP contribution in [-0.2, 0) is 28.6 Å². The lowest BCUT2D eigenvalue weighted by Gasteiger charge is -2.20. The van der Waals surface area contributed by atoms with Crippen LogP contribution in [0.25, 0.3) is 6.08 Å². The first-order valence-corrected chi connectivity index (χ1v) is 41.7. The van der Waals surface area contributed by atoms with Crippen molar-refractivity contribution in [1.29, 1.82) is 15.8 Å². The van der Waals surface area contributed by atoms with E-state index in [0.29, 0.717) is 34.7 Å². The van der Waals surface area contributed by atoms with Gasteiger partial charge in [0.2, 0.25) is 11.8 Å². The van der Waals surface area contributed by atoms with Gasteiger partial charge in [-0.2, -0.15) is 15.8 Å². The number of ketones is 2. The molecule has 6 aromatic carbocycles. The zero-order chi connectivity index (χ0) is 91.5. The molecule has 23 nitrogen and oxygen atoms in total. The van der Waals surface area contributed by atoms with Crippen LogP contribution in [0.3, 0.4) is 0 Å². The van der Waals surface area contributed by atoms with E-state index in [1.54, 1.807) is 91.1 Å². The average molecular weight is 1790 g/mol. The van der Waals surface area contributed by atoms with Gasteiger partial charge in [0, 0.05) is 41.8 Å². The minimum Gasteiger partial charge on any atom is -0.481 e. The average Bonchev–Trinajstić information content (AvgIpc) is 0.859. The smallest absolute Gasteiger partial charge is 0.481 e. The van der Waals surface area contributed by atoms with Gasteiger partial charge in [-0.3, -0.25) is 24.0 Å². The van der Waals surface area contributed by atoms with Crippen molar-refractivity contribution in [2.45, 2.75) is 237 Å². The summed E-state index contributed by atoms with van der Waals surface area (Å²) >= 11 is 6.50. The molecule has 0 saturated heterocycles. The van der Waals surface area contributed by atoms with Gasteiger partial charge in [-0.1, -0.05) is 234 Å². The molecule has 0 aliphatic carbocycles. The molecule has 0 fully saturated rings. The number of aromatic nitrogens is 2. The van der Waals surface area contributed by atoms with Crippen LogP contribution in [0, 0.1) is 68.6 Å². The Hall–Kier alpha value is -11.7. The summed E-state index contributed by atoms with van der Waals surface area (Å²) in [5, 5.41) is 51.1. The minimum absolute atomic E-state index is 0.0152. The molecule has 650 valence electrons. The number of methoxy groups -OCH3 is 1. The van der Waals surface area contributed by atoms with Crippen molar-refractivity contribution < 1.29 is 62.8 Å². The topological polar surface area (TPSA) is 382 Å². The van der Waals surface area contributed by atoms with Gasteiger partial charge >= 0.3 is 18.3 Å². The second-order valence-electron chi connectivity index (χ2n) is 29.5. The number of aliphatic carboxylic acids is 1. The quantitative estimate of drug-likeness (QED) is 0.00296. The Morgan fingerprint density at radius 3 is 1.22 bits per heavy atom. The summed E-state index contributed by atoms with van der Waals surface area (Å²) in [5.74, 6) is -0.591. The standard InChI is InChI=1S/C20H20BrN3O.C14H18N2O.C11H15NO.C11H17N.C11H14O.C10H13NO.C10H18O5.C6H6BrNO.C3H3NO2/c1-3-5-18(15-10-8-14(2)9-11-15)24-20(25)16(13-22)12-17-6-4-7-19(21)23-17;1-3-4-13(16-14(17)9-10-15)12-7-5-11(2)6-8-12;1-3-4-11(12-13)10-7-5-9(2)6-8-10;2*1-3-4-11(12)10-7-5-9(2)6-8-10;1-2-3-10(12)8-4-6-9(11)7-5-8;1-9(2,3)14-7(11)13-8(12)15-10(4,5)6;1-9-6-4-2-3-5(7)8-6;4-2-1-3(5)6/h4,6-12,18H,3,5H2,1-2H3,(H,24,25);5-8,13H,3-4,9H2,1-2H3,(H,16,17);5-8,13H,3-4H2,1-2H3;5-8,11H,3-4,12H2,1-2H3;5-8H,3-4H2,1-2H3;4-7H,2-3,11H2,1H3;1-6H3;2-4H,1H3;1H2,(H,5,6)/b16-12+;;12-11+;;;;;;. The number of nitrogen functional groups attached to an aromatic ring is 1. The number of pyridine rings is 2. The molecule has 2 aromatic heterocycles. The van der Waals surface area contributed by atoms with Gasteiger partial charge in [0.1, 0.15) is 44.9 Å². The summed E-state index contributed by atoms with van der Waals surface area (Å²) in [6.07, 6.45) is 9.64. The highest BCUT2D eigenvalue weighted by molar-refractivity contribution is 9.10. The number of nitrogens with two attached hydrogens (primary N) is 2. The number of hydrogen-bond donors (Lipinski definition) is 6. The molecule has 2 heterocycles. The first-order chi connectivity index (χ1) is 57.3. The van der Waals surface area contributed by atoms with Crippen LogP contribution in [-0.4, -0.2) is 86.0 Å². The number of halogens is 2. The Morgan fingerprint density at radius 1 is 0.504 bits per heavy atom. The molecule has 0 aliphatic heterocycles. The van der Waals surface area contributed by atoms with Gasteiger partial charge in [0.25, 0.3) is 5.91 Å². The van der Waals surface area contributed by atoms with E-state index in [-0.39, 0.29) is 53.5 Å². The van der Waals surface area contributed by atoms with E-state index in [0.717, 1.165) is 102 Å². The Balaban J connectivity index is 0.00000137. The Morgan fingerprint density at radius 2 is 0.884 bits per heavy atom. The first-order valence-electron chi connectivity index (χ1n) is 40.1. The zero-order valence-electron chi connectivity index (χ0n) is 73.5. The summed E-state index contributed by atoms with van der Waals surface area (Å²) in [7, 11) is 1.59. The Labute approximate surface area is 734 Å². The lowest BCUT2D eigenvalue weighted by atomic mass is 10.0. The molecule has 2 amide bonds. The van der Waals surface area contributed by atoms with Crippen LogP contribution in [0.5, 0.6) is 5.88 Å². The Bertz CT molecular complexity index is 4480. The number of Topliss-reactive ketones (excluding diaryl/α,β-unsaturated/α-hetero) is 2. The predicted octanol–water partition coefficient (Wildman–Crippen LogP) is 23.3. The highest BCUT2D eigenvalue weighted by Crippen LogP contribution is 2.23. The normalized spacial score (nSPS) is 11.1. The molecule has 25 heteroatoms. The monoisotopic (exact) mass is 1780 g/mol. The van der Waals surface area contributed by atoms with Gasteiger partial charge in [-0.05, 0) is 217 Å². The van der Waals surface area contributed by atoms with Crippen LogP contribution in [0.4, 0.5) is 15.3 Å². The van der Waals surface area contributed by atoms with E-state index >= 15 is 0 Å². The number of benzene rings is 6. The summed E-state index contributed by atoms with van der Waals surface area (Å²) in [5.41, 5.74) is 24.2. The number of amides is 2. The van der Waals surface area contributed by atoms with E-state index in [4.69, 9.17) is 46.5 Å². The van der Waals surface area contributed by atoms with Crippen molar-refractivity contribution in [3.63, 3.8) is 0 Å². The number of carbonyl (C=O) groups excluding carboxylic acids is 6. The predicted molar refractivity (Wildman–Crippen MR) is 488 cm³/mol. The van der Waals surface area contributed by atoms with Crippen molar-refractivity contribution in [3.8, 4) is 24.1 Å². The van der Waals surface area contributed by atoms with Gasteiger partial charge in [-0.25, -0.2) is 19.6 Å². The van der Waals surface area contributed by atoms with Crippen molar-refractivity contribution in [2.75, 3.05) is 12.8 Å². The molecule has 3 atom stereocenters. The number of nitrogens with one attached hydrogen (secondary N) is 2. The number of carboxylic acids is 1. The van der Waals surface area contributed by atoms with Gasteiger partial charge in [0.05, 0.1) is 42.7 Å². The largest absolute Gasteiger partial charge is 0.519 e. The number of anilines is 1. The van der Waals surface area contributed by atoms with Crippen molar-refractivity contribution in [2.24, 2.45) is 10.9 Å². The van der Waals surface area contributed by atoms with Gasteiger partial charge in [0.15, 0.2) is 11.6 Å². The third-order valence-corrected chi connectivity index (χ3v) is 17.0. The van der Waals surface area contributed by atoms with E-state index in [9.17, 15) is 38.8 Å². The fraction of sp³-hybridized carbons (Fsp3) is 0.385. The van der Waals surface area contributed by atoms with Gasteiger partial charge in [-0.15, -0.1) is 0 Å². The van der Waals surface area contributed by atoms with E-state index in [2.05, 4.69) is 121 Å². The third kappa shape index (κ3) is 52.8. The molecule has 0 bridgehead atoms. The highest BCUT2D eigenvalue weighted by atomic mass is 79.9. The van der Waals surface area contributed by atoms with Crippen LogP contribution < -0.4 is 26.8 Å². The molecule has 8 aromatic rings. The fourth-order valence-corrected chi connectivity index (χ4v) is 10.7. The number of carboxylic acid groups (broad SMARTS) is 1. The first kappa shape index (κ1) is 109. The SMILES string of the molecule is CC(C)(C)OC(=O)OC(=O)OC(C)(C)C.CCC/C(=N\O)c1ccc(C)cc1.CCCC(=O)c1ccc(C)cc1.CCCC(=O)c1ccc(N)cc1.CCCC(N)c1ccc(C)cc1.CCCC(NC(=O)/C(C#N)=C/c1cccc(Br)n1)c1ccc(C)cc1.CCCC(NC(=O)CC#N)c1ccc(C)cc1.COc1cccc(Br)n1.N#CCC(=O)O. The molecule has 0 spiro atoms. The fourth-order valence-electron chi connectivity index (χ4n) is 10.0. The maximum atomic E-state index is 12.5. The molecule has 3 unspecified atom stereocenters. The van der Waals surface area contributed by atoms with E-state index in [1.807, 2.05) is 169 Å². The summed E-state index contributed by atoms with van der Waals surface area (Å²) in [4.78, 5) is 86.3. The van der Waals surface area contributed by atoms with Crippen molar-refractivity contribution in [1.82, 2.24) is 20.6 Å². The molecule has 0 saturated carbocycles. The second kappa shape index (κ2) is 62.5. The third-order valence-electron chi connectivity index (χ3n) is 16.1. The number of carbonyl (C=O) groups is 7. The molecule has 121 heavy (non-hydrogen) atoms. The summed E-state index contributed by atoms with van der Waals surface area (Å²) in [6.45, 7) is 32.6. The molecular weight excluding hydrogens is 1660 g/mol. The number of nitriles is 3. The van der Waals surface area contributed by atoms with E-state index in [1.165, 1.54) is 45.5 Å². The van der Waals surface area contributed by atoms with Crippen LogP contribution in [0.15, 0.2) is 202 Å². The van der Waals surface area contributed by atoms with Crippen molar-refractivity contribution >= 4 is 91.0 Å². The van der Waals surface area contributed by atoms with Crippen LogP contribution in [0.2, 0.25) is 0 Å². The zero-order valence-corrected chi connectivity index (χ0v) is 76.7. The summed E-state index contributed by atoms with van der Waals surface area (Å²) in [6, 6.07) is 63.8. The lowest BCUT2D eigenvalue weighted by Crippen LogP contribution is -2.29. The molecular formula is C96H124Br2N10O13. The number of rotatable bonds is 25. The number of nitrogens with zero attached hydrogens (tertiary/aromatic N) is 6. The molecule has 8 N–H and O–H groups in total. The van der Waals surface area contributed by atoms with Crippen LogP contribution >= 0.6 is 31.9 Å². The number of aryl methyl sites for hydroxylation is 5. The maximum Gasteiger partial charge on any atom is 0.519 e. The van der Waals surface area contributed by atoms with Crippen molar-refractivity contribution in [3.05, 3.63) is 264 Å². The number of ether oxygens (including phenoxy) is 4. The van der Waals surface area contributed by atoms with E-state index < -0.39 is 35.9 Å². The number of hydrogen-bond acceptors (Lipinski definition) is 20. The molecule has 8 rings (SSSR count). The van der Waals surface area contributed by atoms with Crippen LogP contribution in [0.1, 0.15) is 268 Å². The molecule has 0 aliphatic rings. The molecule has 0 radical (unpaired) electrons.